The molecule has 3 atom stereocenters. The minimum atomic E-state index is -0.600. The molecule has 1 aromatic rings. The second-order valence-electron chi connectivity index (χ2n) is 5.53. The fraction of sp³-hybridized carbons (Fsp3) is 0.643. The van der Waals surface area contributed by atoms with Crippen LogP contribution in [0.25, 0.3) is 0 Å². The van der Waals surface area contributed by atoms with E-state index in [-0.39, 0.29) is 0 Å². The molecule has 1 heterocycles. The molecule has 1 saturated carbocycles. The Kier molecular flexibility index (Phi) is 3.74. The fourth-order valence-corrected chi connectivity index (χ4v) is 3.01. The van der Waals surface area contributed by atoms with E-state index in [0.29, 0.717) is 17.4 Å². The zero-order valence-corrected chi connectivity index (χ0v) is 11.2. The van der Waals surface area contributed by atoms with E-state index in [9.17, 15) is 5.11 Å². The van der Waals surface area contributed by atoms with Gasteiger partial charge in [0, 0.05) is 18.8 Å². The largest absolute Gasteiger partial charge is 0.389 e. The molecule has 94 valence electrons. The van der Waals surface area contributed by atoms with Crippen LogP contribution in [0.5, 0.6) is 0 Å². The van der Waals surface area contributed by atoms with Crippen molar-refractivity contribution >= 4 is 11.6 Å². The zero-order chi connectivity index (χ0) is 12.5. The first-order chi connectivity index (χ1) is 8.01. The first-order valence-corrected chi connectivity index (χ1v) is 6.70. The molecule has 0 radical (unpaired) electrons. The maximum Gasteiger partial charge on any atom is 0.0714 e. The molecule has 3 unspecified atom stereocenters. The highest BCUT2D eigenvalue weighted by molar-refractivity contribution is 6.31. The van der Waals surface area contributed by atoms with Crippen LogP contribution in [-0.4, -0.2) is 15.7 Å². The molecule has 2 rings (SSSR count). The van der Waals surface area contributed by atoms with Crippen molar-refractivity contribution in [3.05, 3.63) is 29.0 Å². The molecule has 1 aliphatic rings. The Morgan fingerprint density at radius 2 is 2.29 bits per heavy atom. The Bertz CT molecular complexity index is 396. The summed E-state index contributed by atoms with van der Waals surface area (Å²) in [6.45, 7) is 4.40. The molecule has 0 saturated heterocycles. The Balaban J connectivity index is 2.15. The molecule has 0 amide bonds. The van der Waals surface area contributed by atoms with Gasteiger partial charge in [0.15, 0.2) is 0 Å². The maximum absolute atomic E-state index is 10.8. The van der Waals surface area contributed by atoms with Crippen molar-refractivity contribution < 1.29 is 5.11 Å². The van der Waals surface area contributed by atoms with Crippen molar-refractivity contribution in [3.8, 4) is 0 Å². The van der Waals surface area contributed by atoms with Gasteiger partial charge in [0.2, 0.25) is 0 Å². The van der Waals surface area contributed by atoms with E-state index in [1.54, 1.807) is 12.4 Å². The van der Waals surface area contributed by atoms with Gasteiger partial charge in [-0.2, -0.15) is 0 Å². The zero-order valence-electron chi connectivity index (χ0n) is 10.5. The van der Waals surface area contributed by atoms with Gasteiger partial charge < -0.3 is 5.11 Å². The third kappa shape index (κ3) is 2.80. The van der Waals surface area contributed by atoms with Gasteiger partial charge in [-0.15, -0.1) is 0 Å². The maximum atomic E-state index is 10.8. The van der Waals surface area contributed by atoms with Gasteiger partial charge >= 0.3 is 0 Å². The van der Waals surface area contributed by atoms with Crippen LogP contribution in [0.2, 0.25) is 5.02 Å². The molecule has 3 heteroatoms. The Morgan fingerprint density at radius 1 is 1.53 bits per heavy atom. The molecule has 1 aromatic heterocycles. The molecule has 1 fully saturated rings. The smallest absolute Gasteiger partial charge is 0.0714 e. The highest BCUT2D eigenvalue weighted by Gasteiger charge is 2.38. The van der Waals surface area contributed by atoms with Gasteiger partial charge in [-0.3, -0.25) is 4.98 Å². The minimum Gasteiger partial charge on any atom is -0.389 e. The number of pyridine rings is 1. The lowest BCUT2D eigenvalue weighted by molar-refractivity contribution is -0.0522. The summed E-state index contributed by atoms with van der Waals surface area (Å²) in [7, 11) is 0. The van der Waals surface area contributed by atoms with Crippen LogP contribution in [0, 0.1) is 11.8 Å². The predicted molar refractivity (Wildman–Crippen MR) is 70.1 cm³/mol. The van der Waals surface area contributed by atoms with E-state index in [0.717, 1.165) is 30.7 Å². The molecule has 17 heavy (non-hydrogen) atoms. The summed E-state index contributed by atoms with van der Waals surface area (Å²) in [6, 6.07) is 1.91. The second kappa shape index (κ2) is 4.95. The topological polar surface area (TPSA) is 33.1 Å². The number of hydrogen-bond donors (Lipinski definition) is 1. The summed E-state index contributed by atoms with van der Waals surface area (Å²) in [4.78, 5) is 3.98. The van der Waals surface area contributed by atoms with Gasteiger partial charge in [0.05, 0.1) is 10.6 Å². The van der Waals surface area contributed by atoms with Gasteiger partial charge in [-0.05, 0) is 42.7 Å². The molecule has 2 nitrogen and oxygen atoms in total. The number of aliphatic hydroxyl groups is 1. The monoisotopic (exact) mass is 253 g/mol. The molecular weight excluding hydrogens is 234 g/mol. The average molecular weight is 254 g/mol. The van der Waals surface area contributed by atoms with Gasteiger partial charge in [-0.1, -0.05) is 25.4 Å². The van der Waals surface area contributed by atoms with Crippen LogP contribution in [0.3, 0.4) is 0 Å². The van der Waals surface area contributed by atoms with Gasteiger partial charge in [-0.25, -0.2) is 0 Å². The molecule has 1 aliphatic carbocycles. The standard InChI is InChI=1S/C14H20ClNO/c1-10-3-5-14(17,11(2)7-10)8-12-4-6-16-9-13(12)15/h4,6,9-11,17H,3,5,7-8H2,1-2H3. The summed E-state index contributed by atoms with van der Waals surface area (Å²) in [5.41, 5.74) is 0.405. The first kappa shape index (κ1) is 12.8. The third-order valence-electron chi connectivity index (χ3n) is 4.10. The van der Waals surface area contributed by atoms with Crippen LogP contribution >= 0.6 is 11.6 Å². The van der Waals surface area contributed by atoms with Gasteiger partial charge in [0.1, 0.15) is 0 Å². The van der Waals surface area contributed by atoms with Crippen LogP contribution in [0.4, 0.5) is 0 Å². The highest BCUT2D eigenvalue weighted by Crippen LogP contribution is 2.39. The van der Waals surface area contributed by atoms with Crippen molar-refractivity contribution in [2.75, 3.05) is 0 Å². The average Bonchev–Trinajstić information content (AvgIpc) is 2.28. The van der Waals surface area contributed by atoms with Crippen molar-refractivity contribution in [2.45, 2.75) is 45.1 Å². The van der Waals surface area contributed by atoms with Crippen molar-refractivity contribution in [3.63, 3.8) is 0 Å². The van der Waals surface area contributed by atoms with Crippen LogP contribution < -0.4 is 0 Å². The summed E-state index contributed by atoms with van der Waals surface area (Å²) in [6.07, 6.45) is 7.09. The van der Waals surface area contributed by atoms with E-state index in [2.05, 4.69) is 18.8 Å². The third-order valence-corrected chi connectivity index (χ3v) is 4.44. The summed E-state index contributed by atoms with van der Waals surface area (Å²) in [5, 5.41) is 11.4. The Morgan fingerprint density at radius 3 is 2.94 bits per heavy atom. The first-order valence-electron chi connectivity index (χ1n) is 6.32. The lowest BCUT2D eigenvalue weighted by atomic mass is 9.70. The second-order valence-corrected chi connectivity index (χ2v) is 5.94. The van der Waals surface area contributed by atoms with E-state index in [4.69, 9.17) is 11.6 Å². The number of rotatable bonds is 2. The lowest BCUT2D eigenvalue weighted by Gasteiger charge is -2.41. The molecule has 0 bridgehead atoms. The number of nitrogens with zero attached hydrogens (tertiary/aromatic N) is 1. The Labute approximate surface area is 108 Å². The summed E-state index contributed by atoms with van der Waals surface area (Å²) >= 11 is 6.11. The van der Waals surface area contributed by atoms with Crippen molar-refractivity contribution in [2.24, 2.45) is 11.8 Å². The van der Waals surface area contributed by atoms with E-state index in [1.165, 1.54) is 0 Å². The van der Waals surface area contributed by atoms with Crippen LogP contribution in [0.1, 0.15) is 38.7 Å². The predicted octanol–water partition coefficient (Wildman–Crippen LogP) is 3.46. The SMILES string of the molecule is CC1CCC(O)(Cc2ccncc2Cl)C(C)C1. The quantitative estimate of drug-likeness (QED) is 0.876. The van der Waals surface area contributed by atoms with E-state index >= 15 is 0 Å². The minimum absolute atomic E-state index is 0.329. The Hall–Kier alpha value is -0.600. The van der Waals surface area contributed by atoms with E-state index in [1.807, 2.05) is 6.07 Å². The van der Waals surface area contributed by atoms with Crippen molar-refractivity contribution in [1.29, 1.82) is 0 Å². The highest BCUT2D eigenvalue weighted by atomic mass is 35.5. The fourth-order valence-electron chi connectivity index (χ4n) is 2.82. The van der Waals surface area contributed by atoms with Gasteiger partial charge in [0.25, 0.3) is 0 Å². The number of hydrogen-bond acceptors (Lipinski definition) is 2. The normalized spacial score (nSPS) is 33.6. The van der Waals surface area contributed by atoms with Crippen LogP contribution in [-0.2, 0) is 6.42 Å². The number of halogens is 1. The van der Waals surface area contributed by atoms with Crippen LogP contribution in [0.15, 0.2) is 18.5 Å². The molecule has 0 aliphatic heterocycles. The number of aromatic nitrogens is 1. The van der Waals surface area contributed by atoms with E-state index < -0.39 is 5.60 Å². The summed E-state index contributed by atoms with van der Waals surface area (Å²) in [5.74, 6) is 1.05. The molecule has 1 N–H and O–H groups in total. The molecule has 0 spiro atoms. The lowest BCUT2D eigenvalue weighted by Crippen LogP contribution is -2.43. The summed E-state index contributed by atoms with van der Waals surface area (Å²) < 4.78 is 0. The molecule has 0 aromatic carbocycles. The molecular formula is C14H20ClNO. The van der Waals surface area contributed by atoms with Crippen molar-refractivity contribution in [1.82, 2.24) is 4.98 Å².